The Morgan fingerprint density at radius 1 is 1.53 bits per heavy atom. The van der Waals surface area contributed by atoms with Crippen molar-refractivity contribution in [3.8, 4) is 0 Å². The van der Waals surface area contributed by atoms with Gasteiger partial charge in [-0.15, -0.1) is 0 Å². The molecule has 0 aromatic heterocycles. The maximum atomic E-state index is 11.0. The Labute approximate surface area is 101 Å². The maximum Gasteiger partial charge on any atom is 0.335 e. The normalized spacial score (nSPS) is 20.9. The molecule has 2 N–H and O–H groups in total. The van der Waals surface area contributed by atoms with Crippen LogP contribution in [0.5, 0.6) is 0 Å². The summed E-state index contributed by atoms with van der Waals surface area (Å²) in [6, 6.07) is 5.32. The zero-order valence-electron chi connectivity index (χ0n) is 9.90. The Bertz CT molecular complexity index is 409. The second-order valence-electron chi connectivity index (χ2n) is 4.31. The fourth-order valence-electron chi connectivity index (χ4n) is 2.06. The van der Waals surface area contributed by atoms with E-state index in [9.17, 15) is 4.79 Å². The number of rotatable bonds is 2. The van der Waals surface area contributed by atoms with Crippen LogP contribution in [-0.2, 0) is 4.74 Å². The number of aryl methyl sites for hydroxylation is 1. The smallest absolute Gasteiger partial charge is 0.335 e. The average Bonchev–Trinajstić information content (AvgIpc) is 2.58. The van der Waals surface area contributed by atoms with Gasteiger partial charge in [0.1, 0.15) is 0 Å². The van der Waals surface area contributed by atoms with Crippen LogP contribution in [0.4, 0.5) is 0 Å². The lowest BCUT2D eigenvalue weighted by molar-refractivity contribution is 0.0696. The van der Waals surface area contributed by atoms with Crippen LogP contribution < -0.4 is 5.32 Å². The number of carbonyl (C=O) groups is 1. The third-order valence-electron chi connectivity index (χ3n) is 3.04. The van der Waals surface area contributed by atoms with Crippen LogP contribution in [0.2, 0.25) is 0 Å². The molecule has 0 aliphatic carbocycles. The van der Waals surface area contributed by atoms with Crippen LogP contribution in [0.1, 0.15) is 33.9 Å². The third-order valence-corrected chi connectivity index (χ3v) is 3.04. The van der Waals surface area contributed by atoms with Gasteiger partial charge in [-0.25, -0.2) is 4.79 Å². The summed E-state index contributed by atoms with van der Waals surface area (Å²) >= 11 is 0. The van der Waals surface area contributed by atoms with E-state index < -0.39 is 5.97 Å². The fraction of sp³-hybridized carbons (Fsp3) is 0.462. The Hall–Kier alpha value is -1.39. The summed E-state index contributed by atoms with van der Waals surface area (Å²) in [5.74, 6) is -0.888. The first-order chi connectivity index (χ1) is 8.18. The van der Waals surface area contributed by atoms with E-state index in [1.54, 1.807) is 12.1 Å². The number of aromatic carboxylic acids is 1. The molecule has 0 bridgehead atoms. The number of nitrogens with one attached hydrogen (secondary N) is 1. The number of hydrogen-bond donors (Lipinski definition) is 2. The van der Waals surface area contributed by atoms with Crippen LogP contribution in [-0.4, -0.2) is 30.8 Å². The van der Waals surface area contributed by atoms with E-state index in [-0.39, 0.29) is 6.04 Å². The zero-order valence-corrected chi connectivity index (χ0v) is 9.90. The molecule has 1 aromatic rings. The first kappa shape index (κ1) is 12.1. The highest BCUT2D eigenvalue weighted by Crippen LogP contribution is 2.21. The van der Waals surface area contributed by atoms with Crippen LogP contribution in [0, 0.1) is 6.92 Å². The SMILES string of the molecule is Cc1ccc(C(=O)O)cc1C1COCCCN1. The van der Waals surface area contributed by atoms with Gasteiger partial charge in [0.25, 0.3) is 0 Å². The molecule has 1 heterocycles. The largest absolute Gasteiger partial charge is 0.478 e. The van der Waals surface area contributed by atoms with E-state index in [4.69, 9.17) is 9.84 Å². The van der Waals surface area contributed by atoms with Crippen molar-refractivity contribution in [2.75, 3.05) is 19.8 Å². The molecular formula is C13H17NO3. The molecule has 1 aliphatic rings. The monoisotopic (exact) mass is 235 g/mol. The predicted octanol–water partition coefficient (Wildman–Crippen LogP) is 1.74. The van der Waals surface area contributed by atoms with Crippen molar-refractivity contribution in [2.24, 2.45) is 0 Å². The third kappa shape index (κ3) is 2.84. The summed E-state index contributed by atoms with van der Waals surface area (Å²) in [7, 11) is 0. The highest BCUT2D eigenvalue weighted by atomic mass is 16.5. The van der Waals surface area contributed by atoms with Gasteiger partial charge in [-0.1, -0.05) is 6.07 Å². The molecular weight excluding hydrogens is 218 g/mol. The Morgan fingerprint density at radius 3 is 3.12 bits per heavy atom. The van der Waals surface area contributed by atoms with Crippen molar-refractivity contribution in [3.05, 3.63) is 34.9 Å². The van der Waals surface area contributed by atoms with Crippen molar-refractivity contribution in [3.63, 3.8) is 0 Å². The lowest BCUT2D eigenvalue weighted by Gasteiger charge is -2.18. The number of hydrogen-bond acceptors (Lipinski definition) is 3. The van der Waals surface area contributed by atoms with Gasteiger partial charge >= 0.3 is 5.97 Å². The second-order valence-corrected chi connectivity index (χ2v) is 4.31. The Morgan fingerprint density at radius 2 is 2.35 bits per heavy atom. The van der Waals surface area contributed by atoms with Gasteiger partial charge in [0.15, 0.2) is 0 Å². The maximum absolute atomic E-state index is 11.0. The summed E-state index contributed by atoms with van der Waals surface area (Å²) in [4.78, 5) is 11.0. The van der Waals surface area contributed by atoms with Gasteiger partial charge in [-0.05, 0) is 43.1 Å². The van der Waals surface area contributed by atoms with E-state index in [0.29, 0.717) is 12.2 Å². The van der Waals surface area contributed by atoms with Gasteiger partial charge in [0.05, 0.1) is 18.2 Å². The van der Waals surface area contributed by atoms with Gasteiger partial charge in [0.2, 0.25) is 0 Å². The lowest BCUT2D eigenvalue weighted by Crippen LogP contribution is -2.24. The zero-order chi connectivity index (χ0) is 12.3. The molecule has 0 saturated carbocycles. The summed E-state index contributed by atoms with van der Waals surface area (Å²) in [6.45, 7) is 4.26. The highest BCUT2D eigenvalue weighted by molar-refractivity contribution is 5.87. The summed E-state index contributed by atoms with van der Waals surface area (Å²) in [6.07, 6.45) is 0.994. The topological polar surface area (TPSA) is 58.6 Å². The minimum atomic E-state index is -0.888. The van der Waals surface area contributed by atoms with Crippen LogP contribution in [0.25, 0.3) is 0 Å². The van der Waals surface area contributed by atoms with E-state index in [1.807, 2.05) is 13.0 Å². The molecule has 2 rings (SSSR count). The first-order valence-corrected chi connectivity index (χ1v) is 5.83. The van der Waals surface area contributed by atoms with Crippen molar-refractivity contribution in [1.82, 2.24) is 5.32 Å². The molecule has 0 spiro atoms. The minimum absolute atomic E-state index is 0.0943. The molecule has 0 radical (unpaired) electrons. The number of benzene rings is 1. The number of carboxylic acids is 1. The molecule has 4 heteroatoms. The first-order valence-electron chi connectivity index (χ1n) is 5.83. The Kier molecular flexibility index (Phi) is 3.76. The van der Waals surface area contributed by atoms with Gasteiger partial charge in [-0.2, -0.15) is 0 Å². The van der Waals surface area contributed by atoms with Gasteiger partial charge < -0.3 is 15.2 Å². The van der Waals surface area contributed by atoms with E-state index in [0.717, 1.165) is 30.7 Å². The molecule has 17 heavy (non-hydrogen) atoms. The predicted molar refractivity (Wildman–Crippen MR) is 64.3 cm³/mol. The van der Waals surface area contributed by atoms with Crippen LogP contribution in [0.3, 0.4) is 0 Å². The van der Waals surface area contributed by atoms with Crippen molar-refractivity contribution in [2.45, 2.75) is 19.4 Å². The molecule has 1 aromatic carbocycles. The minimum Gasteiger partial charge on any atom is -0.478 e. The molecule has 1 saturated heterocycles. The second kappa shape index (κ2) is 5.29. The van der Waals surface area contributed by atoms with Crippen LogP contribution >= 0.6 is 0 Å². The fourth-order valence-corrected chi connectivity index (χ4v) is 2.06. The van der Waals surface area contributed by atoms with Crippen molar-refractivity contribution >= 4 is 5.97 Å². The molecule has 0 amide bonds. The molecule has 1 aliphatic heterocycles. The Balaban J connectivity index is 2.28. The van der Waals surface area contributed by atoms with E-state index in [2.05, 4.69) is 5.32 Å². The van der Waals surface area contributed by atoms with Crippen molar-refractivity contribution in [1.29, 1.82) is 0 Å². The van der Waals surface area contributed by atoms with E-state index in [1.165, 1.54) is 0 Å². The number of ether oxygens (including phenoxy) is 1. The highest BCUT2D eigenvalue weighted by Gasteiger charge is 2.17. The quantitative estimate of drug-likeness (QED) is 0.819. The van der Waals surface area contributed by atoms with E-state index >= 15 is 0 Å². The van der Waals surface area contributed by atoms with Crippen LogP contribution in [0.15, 0.2) is 18.2 Å². The number of carboxylic acid groups (broad SMARTS) is 1. The van der Waals surface area contributed by atoms with Gasteiger partial charge in [-0.3, -0.25) is 0 Å². The lowest BCUT2D eigenvalue weighted by atomic mass is 9.99. The molecule has 1 atom stereocenters. The molecule has 4 nitrogen and oxygen atoms in total. The summed E-state index contributed by atoms with van der Waals surface area (Å²) in [5, 5.41) is 12.4. The van der Waals surface area contributed by atoms with Crippen molar-refractivity contribution < 1.29 is 14.6 Å². The van der Waals surface area contributed by atoms with Gasteiger partial charge in [0, 0.05) is 6.61 Å². The standard InChI is InChI=1S/C13H17NO3/c1-9-3-4-10(13(15)16)7-11(9)12-8-17-6-2-5-14-12/h3-4,7,12,14H,2,5-6,8H2,1H3,(H,15,16). The average molecular weight is 235 g/mol. The summed E-state index contributed by atoms with van der Waals surface area (Å²) < 4.78 is 5.51. The molecule has 92 valence electrons. The molecule has 1 fully saturated rings. The summed E-state index contributed by atoms with van der Waals surface area (Å²) in [5.41, 5.74) is 2.45. The molecule has 1 unspecified atom stereocenters.